The molecule has 0 saturated heterocycles. The third-order valence-electron chi connectivity index (χ3n) is 4.72. The molecular formula is C24H25FN2O4S. The monoisotopic (exact) mass is 456 g/mol. The lowest BCUT2D eigenvalue weighted by Crippen LogP contribution is -2.41. The van der Waals surface area contributed by atoms with Crippen molar-refractivity contribution in [2.45, 2.75) is 18.7 Å². The number of aryl methyl sites for hydroxylation is 2. The molecule has 0 aromatic heterocycles. The molecule has 0 aliphatic rings. The van der Waals surface area contributed by atoms with E-state index in [-0.39, 0.29) is 18.0 Å². The highest BCUT2D eigenvalue weighted by Gasteiger charge is 2.27. The topological polar surface area (TPSA) is 75.7 Å². The zero-order chi connectivity index (χ0) is 23.1. The standard InChI is InChI=1S/C24H25FN2O4S/c1-18-3-9-21(10-4-18)27(32(29,30)23-13-7-20(25)8-14-23)17-24(28)26-15-16-31-22-11-5-19(2)6-12-22/h3-14H,15-17H2,1-2H3,(H,26,28). The second-order valence-corrected chi connectivity index (χ2v) is 9.17. The number of nitrogens with zero attached hydrogens (tertiary/aromatic N) is 1. The smallest absolute Gasteiger partial charge is 0.264 e. The van der Waals surface area contributed by atoms with Gasteiger partial charge in [0.1, 0.15) is 24.7 Å². The van der Waals surface area contributed by atoms with E-state index in [4.69, 9.17) is 4.74 Å². The van der Waals surface area contributed by atoms with Crippen LogP contribution < -0.4 is 14.4 Å². The molecule has 8 heteroatoms. The van der Waals surface area contributed by atoms with Gasteiger partial charge in [-0.1, -0.05) is 35.4 Å². The number of ether oxygens (including phenoxy) is 1. The number of nitrogens with one attached hydrogen (secondary N) is 1. The van der Waals surface area contributed by atoms with Gasteiger partial charge in [-0.05, 0) is 62.4 Å². The second-order valence-electron chi connectivity index (χ2n) is 7.31. The Labute approximate surface area is 187 Å². The Morgan fingerprint density at radius 3 is 2.06 bits per heavy atom. The molecule has 0 aliphatic carbocycles. The summed E-state index contributed by atoms with van der Waals surface area (Å²) in [5.74, 6) is -0.342. The van der Waals surface area contributed by atoms with E-state index in [1.54, 1.807) is 24.3 Å². The van der Waals surface area contributed by atoms with Crippen LogP contribution in [-0.2, 0) is 14.8 Å². The highest BCUT2D eigenvalue weighted by molar-refractivity contribution is 7.92. The molecule has 0 atom stereocenters. The van der Waals surface area contributed by atoms with E-state index in [1.807, 2.05) is 38.1 Å². The van der Waals surface area contributed by atoms with Crippen LogP contribution in [0.4, 0.5) is 10.1 Å². The molecule has 6 nitrogen and oxygen atoms in total. The predicted octanol–water partition coefficient (Wildman–Crippen LogP) is 3.83. The van der Waals surface area contributed by atoms with Crippen molar-refractivity contribution in [3.8, 4) is 5.75 Å². The van der Waals surface area contributed by atoms with Gasteiger partial charge in [0.15, 0.2) is 0 Å². The van der Waals surface area contributed by atoms with Gasteiger partial charge in [0.05, 0.1) is 17.1 Å². The molecule has 3 rings (SSSR count). The maximum absolute atomic E-state index is 13.3. The van der Waals surface area contributed by atoms with Gasteiger partial charge in [0, 0.05) is 0 Å². The maximum atomic E-state index is 13.3. The number of sulfonamides is 1. The molecule has 0 spiro atoms. The van der Waals surface area contributed by atoms with Crippen LogP contribution in [0.25, 0.3) is 0 Å². The Bertz CT molecular complexity index is 1150. The zero-order valence-electron chi connectivity index (χ0n) is 17.9. The third kappa shape index (κ3) is 6.07. The van der Waals surface area contributed by atoms with Gasteiger partial charge < -0.3 is 10.1 Å². The molecule has 1 amide bonds. The highest BCUT2D eigenvalue weighted by Crippen LogP contribution is 2.24. The number of hydrogen-bond donors (Lipinski definition) is 1. The first-order chi connectivity index (χ1) is 15.3. The third-order valence-corrected chi connectivity index (χ3v) is 6.51. The van der Waals surface area contributed by atoms with Gasteiger partial charge in [0.2, 0.25) is 5.91 Å². The molecule has 0 heterocycles. The minimum absolute atomic E-state index is 0.102. The Morgan fingerprint density at radius 1 is 0.906 bits per heavy atom. The van der Waals surface area contributed by atoms with Crippen LogP contribution in [0.1, 0.15) is 11.1 Å². The minimum atomic E-state index is -4.08. The van der Waals surface area contributed by atoms with Crippen LogP contribution in [0.3, 0.4) is 0 Å². The van der Waals surface area contributed by atoms with E-state index < -0.39 is 28.3 Å². The number of rotatable bonds is 9. The quantitative estimate of drug-likeness (QED) is 0.497. The van der Waals surface area contributed by atoms with Crippen LogP contribution in [0, 0.1) is 19.7 Å². The van der Waals surface area contributed by atoms with Crippen molar-refractivity contribution in [3.05, 3.63) is 89.7 Å². The SMILES string of the molecule is Cc1ccc(OCCNC(=O)CN(c2ccc(C)cc2)S(=O)(=O)c2ccc(F)cc2)cc1. The van der Waals surface area contributed by atoms with Gasteiger partial charge in [-0.15, -0.1) is 0 Å². The van der Waals surface area contributed by atoms with Crippen LogP contribution >= 0.6 is 0 Å². The normalized spacial score (nSPS) is 11.1. The Balaban J connectivity index is 1.69. The van der Waals surface area contributed by atoms with Crippen LogP contribution in [0.5, 0.6) is 5.75 Å². The summed E-state index contributed by atoms with van der Waals surface area (Å²) in [6.07, 6.45) is 0. The number of carbonyl (C=O) groups is 1. The first-order valence-corrected chi connectivity index (χ1v) is 11.5. The number of carbonyl (C=O) groups excluding carboxylic acids is 1. The highest BCUT2D eigenvalue weighted by atomic mass is 32.2. The van der Waals surface area contributed by atoms with E-state index in [9.17, 15) is 17.6 Å². The number of hydrogen-bond acceptors (Lipinski definition) is 4. The average molecular weight is 457 g/mol. The molecule has 0 unspecified atom stereocenters. The van der Waals surface area contributed by atoms with Crippen molar-refractivity contribution in [3.63, 3.8) is 0 Å². The van der Waals surface area contributed by atoms with Gasteiger partial charge in [0.25, 0.3) is 10.0 Å². The molecule has 3 aromatic rings. The van der Waals surface area contributed by atoms with Crippen molar-refractivity contribution >= 4 is 21.6 Å². The summed E-state index contributed by atoms with van der Waals surface area (Å²) in [6.45, 7) is 3.88. The molecule has 0 aliphatic heterocycles. The van der Waals surface area contributed by atoms with E-state index in [2.05, 4.69) is 5.32 Å². The molecule has 3 aromatic carbocycles. The van der Waals surface area contributed by atoms with E-state index in [0.29, 0.717) is 11.4 Å². The van der Waals surface area contributed by atoms with Crippen LogP contribution in [0.2, 0.25) is 0 Å². The summed E-state index contributed by atoms with van der Waals surface area (Å²) in [5.41, 5.74) is 2.40. The predicted molar refractivity (Wildman–Crippen MR) is 122 cm³/mol. The van der Waals surface area contributed by atoms with Crippen molar-refractivity contribution in [1.82, 2.24) is 5.32 Å². The lowest BCUT2D eigenvalue weighted by Gasteiger charge is -2.24. The molecule has 0 radical (unpaired) electrons. The van der Waals surface area contributed by atoms with Gasteiger partial charge in [-0.2, -0.15) is 0 Å². The largest absolute Gasteiger partial charge is 0.492 e. The van der Waals surface area contributed by atoms with Crippen molar-refractivity contribution in [2.75, 3.05) is 24.0 Å². The molecule has 0 bridgehead atoms. The Morgan fingerprint density at radius 2 is 1.47 bits per heavy atom. The number of amides is 1. The number of halogens is 1. The second kappa shape index (κ2) is 10.3. The maximum Gasteiger partial charge on any atom is 0.264 e. The van der Waals surface area contributed by atoms with Crippen LogP contribution in [0.15, 0.2) is 77.7 Å². The molecule has 0 saturated carbocycles. The van der Waals surface area contributed by atoms with Crippen LogP contribution in [-0.4, -0.2) is 34.0 Å². The van der Waals surface area contributed by atoms with E-state index >= 15 is 0 Å². The summed E-state index contributed by atoms with van der Waals surface area (Å²) in [5, 5.41) is 2.68. The molecule has 0 fully saturated rings. The minimum Gasteiger partial charge on any atom is -0.492 e. The summed E-state index contributed by atoms with van der Waals surface area (Å²) in [6, 6.07) is 18.8. The zero-order valence-corrected chi connectivity index (χ0v) is 18.7. The first kappa shape index (κ1) is 23.3. The molecular weight excluding hydrogens is 431 g/mol. The summed E-state index contributed by atoms with van der Waals surface area (Å²) < 4.78 is 46.3. The summed E-state index contributed by atoms with van der Waals surface area (Å²) >= 11 is 0. The fourth-order valence-corrected chi connectivity index (χ4v) is 4.36. The van der Waals surface area contributed by atoms with Crippen molar-refractivity contribution in [2.24, 2.45) is 0 Å². The Kier molecular flexibility index (Phi) is 7.48. The van der Waals surface area contributed by atoms with Crippen molar-refractivity contribution in [1.29, 1.82) is 0 Å². The van der Waals surface area contributed by atoms with Gasteiger partial charge in [-0.3, -0.25) is 9.10 Å². The molecule has 168 valence electrons. The average Bonchev–Trinajstić information content (AvgIpc) is 2.77. The Hall–Kier alpha value is -3.39. The summed E-state index contributed by atoms with van der Waals surface area (Å²) in [7, 11) is -4.08. The number of anilines is 1. The first-order valence-electron chi connectivity index (χ1n) is 10.1. The van der Waals surface area contributed by atoms with Gasteiger partial charge >= 0.3 is 0 Å². The fourth-order valence-electron chi connectivity index (χ4n) is 2.94. The number of benzene rings is 3. The van der Waals surface area contributed by atoms with E-state index in [1.165, 1.54) is 12.1 Å². The van der Waals surface area contributed by atoms with Crippen molar-refractivity contribution < 1.29 is 22.3 Å². The fraction of sp³-hybridized carbons (Fsp3) is 0.208. The summed E-state index contributed by atoms with van der Waals surface area (Å²) in [4.78, 5) is 12.4. The molecule has 32 heavy (non-hydrogen) atoms. The molecule has 1 N–H and O–H groups in total. The lowest BCUT2D eigenvalue weighted by molar-refractivity contribution is -0.119. The van der Waals surface area contributed by atoms with Gasteiger partial charge in [-0.25, -0.2) is 12.8 Å². The van der Waals surface area contributed by atoms with E-state index in [0.717, 1.165) is 27.6 Å². The lowest BCUT2D eigenvalue weighted by atomic mass is 10.2.